The van der Waals surface area contributed by atoms with Crippen molar-refractivity contribution in [1.29, 1.82) is 0 Å². The number of hydrogen-bond acceptors (Lipinski definition) is 4. The minimum absolute atomic E-state index is 0.0751. The lowest BCUT2D eigenvalue weighted by atomic mass is 10.0. The molecule has 2 unspecified atom stereocenters. The number of rotatable bonds is 8. The van der Waals surface area contributed by atoms with E-state index in [1.807, 2.05) is 37.3 Å². The van der Waals surface area contributed by atoms with Crippen molar-refractivity contribution in [2.75, 3.05) is 13.1 Å². The summed E-state index contributed by atoms with van der Waals surface area (Å²) in [6, 6.07) is 12.4. The van der Waals surface area contributed by atoms with Crippen LogP contribution in [0.25, 0.3) is 0 Å². The van der Waals surface area contributed by atoms with Gasteiger partial charge in [-0.3, -0.25) is 9.59 Å². The topological polar surface area (TPSA) is 101 Å². The van der Waals surface area contributed by atoms with E-state index >= 15 is 0 Å². The monoisotopic (exact) mass is 458 g/mol. The molecule has 1 aromatic heterocycles. The molecular formula is C23H30N4O4S. The first kappa shape index (κ1) is 23.7. The molecule has 1 saturated heterocycles. The van der Waals surface area contributed by atoms with E-state index in [0.717, 1.165) is 5.56 Å². The van der Waals surface area contributed by atoms with Crippen LogP contribution in [0.2, 0.25) is 0 Å². The van der Waals surface area contributed by atoms with E-state index in [4.69, 9.17) is 0 Å². The molecule has 0 aliphatic carbocycles. The van der Waals surface area contributed by atoms with Crippen molar-refractivity contribution in [2.24, 2.45) is 7.05 Å². The summed E-state index contributed by atoms with van der Waals surface area (Å²) in [6.07, 6.45) is 2.93. The summed E-state index contributed by atoms with van der Waals surface area (Å²) in [4.78, 5) is 24.2. The van der Waals surface area contributed by atoms with Gasteiger partial charge in [-0.25, -0.2) is 8.42 Å². The zero-order valence-corrected chi connectivity index (χ0v) is 19.3. The summed E-state index contributed by atoms with van der Waals surface area (Å²) in [5.74, 6) is -0.576. The SMILES string of the molecule is C=CC(=O)NC1CCN(S(=O)(=O)c2ccc(C(=O)NCCc3ccccc3)n2C)C(C)C1. The van der Waals surface area contributed by atoms with E-state index < -0.39 is 10.0 Å². The second-order valence-corrected chi connectivity index (χ2v) is 9.84. The van der Waals surface area contributed by atoms with Crippen molar-refractivity contribution in [2.45, 2.75) is 43.3 Å². The number of nitrogens with zero attached hydrogens (tertiary/aromatic N) is 2. The number of aromatic nitrogens is 1. The Kier molecular flexibility index (Phi) is 7.52. The molecule has 2 amide bonds. The van der Waals surface area contributed by atoms with E-state index in [0.29, 0.717) is 25.8 Å². The molecule has 2 aromatic rings. The molecule has 2 atom stereocenters. The van der Waals surface area contributed by atoms with Gasteiger partial charge in [0.2, 0.25) is 5.91 Å². The predicted octanol–water partition coefficient (Wildman–Crippen LogP) is 1.84. The Bertz CT molecular complexity index is 1080. The standard InChI is InChI=1S/C23H30N4O4S/c1-4-21(28)25-19-13-15-27(17(2)16-19)32(30,31)22-11-10-20(26(22)3)23(29)24-14-12-18-8-6-5-7-9-18/h4-11,17,19H,1,12-16H2,2-3H3,(H,24,29)(H,25,28). The fourth-order valence-electron chi connectivity index (χ4n) is 4.05. The van der Waals surface area contributed by atoms with Crippen LogP contribution in [-0.4, -0.2) is 54.3 Å². The number of carbonyl (C=O) groups is 2. The Morgan fingerprint density at radius 1 is 1.19 bits per heavy atom. The van der Waals surface area contributed by atoms with Gasteiger partial charge in [-0.2, -0.15) is 4.31 Å². The summed E-state index contributed by atoms with van der Waals surface area (Å²) >= 11 is 0. The Balaban J connectivity index is 1.66. The first-order valence-electron chi connectivity index (χ1n) is 10.7. The maximum Gasteiger partial charge on any atom is 0.267 e. The van der Waals surface area contributed by atoms with Crippen LogP contribution in [0, 0.1) is 0 Å². The largest absolute Gasteiger partial charge is 0.350 e. The highest BCUT2D eigenvalue weighted by atomic mass is 32.2. The van der Waals surface area contributed by atoms with Crippen molar-refractivity contribution in [1.82, 2.24) is 19.5 Å². The normalized spacial score (nSPS) is 19.3. The molecule has 0 saturated carbocycles. The van der Waals surface area contributed by atoms with Crippen molar-refractivity contribution >= 4 is 21.8 Å². The van der Waals surface area contributed by atoms with Crippen molar-refractivity contribution in [3.8, 4) is 0 Å². The summed E-state index contributed by atoms with van der Waals surface area (Å²) in [7, 11) is -2.21. The fourth-order valence-corrected chi connectivity index (χ4v) is 5.88. The average Bonchev–Trinajstić information content (AvgIpc) is 3.16. The minimum atomic E-state index is -3.79. The highest BCUT2D eigenvalue weighted by molar-refractivity contribution is 7.89. The molecule has 1 fully saturated rings. The van der Waals surface area contributed by atoms with Crippen LogP contribution in [0.3, 0.4) is 0 Å². The minimum Gasteiger partial charge on any atom is -0.350 e. The Morgan fingerprint density at radius 3 is 2.56 bits per heavy atom. The molecule has 1 aromatic carbocycles. The molecular weight excluding hydrogens is 428 g/mol. The lowest BCUT2D eigenvalue weighted by Crippen LogP contribution is -2.50. The summed E-state index contributed by atoms with van der Waals surface area (Å²) in [6.45, 7) is 6.01. The predicted molar refractivity (Wildman–Crippen MR) is 123 cm³/mol. The van der Waals surface area contributed by atoms with Gasteiger partial charge in [0.15, 0.2) is 5.03 Å². The average molecular weight is 459 g/mol. The lowest BCUT2D eigenvalue weighted by Gasteiger charge is -2.36. The summed E-state index contributed by atoms with van der Waals surface area (Å²) in [5.41, 5.74) is 1.40. The Labute approximate surface area is 189 Å². The van der Waals surface area contributed by atoms with Gasteiger partial charge in [-0.15, -0.1) is 0 Å². The highest BCUT2D eigenvalue weighted by Gasteiger charge is 2.36. The van der Waals surface area contributed by atoms with Crippen LogP contribution in [0.15, 0.2) is 60.1 Å². The number of piperidine rings is 1. The summed E-state index contributed by atoms with van der Waals surface area (Å²) in [5, 5.41) is 5.77. The van der Waals surface area contributed by atoms with E-state index in [2.05, 4.69) is 17.2 Å². The van der Waals surface area contributed by atoms with Crippen LogP contribution < -0.4 is 10.6 Å². The van der Waals surface area contributed by atoms with Gasteiger partial charge in [0.25, 0.3) is 15.9 Å². The van der Waals surface area contributed by atoms with Gasteiger partial charge in [0.05, 0.1) is 0 Å². The molecule has 2 N–H and O–H groups in total. The third-order valence-corrected chi connectivity index (χ3v) is 7.87. The summed E-state index contributed by atoms with van der Waals surface area (Å²) < 4.78 is 29.5. The maximum atomic E-state index is 13.3. The molecule has 3 rings (SSSR count). The molecule has 2 heterocycles. The molecule has 9 heteroatoms. The van der Waals surface area contributed by atoms with Crippen molar-refractivity contribution in [3.63, 3.8) is 0 Å². The van der Waals surface area contributed by atoms with Gasteiger partial charge >= 0.3 is 0 Å². The lowest BCUT2D eigenvalue weighted by molar-refractivity contribution is -0.117. The van der Waals surface area contributed by atoms with Crippen LogP contribution >= 0.6 is 0 Å². The second-order valence-electron chi connectivity index (χ2n) is 8.01. The third-order valence-electron chi connectivity index (χ3n) is 5.77. The van der Waals surface area contributed by atoms with Crippen LogP contribution in [0.1, 0.15) is 35.8 Å². The molecule has 1 aliphatic rings. The number of sulfonamides is 1. The van der Waals surface area contributed by atoms with Crippen LogP contribution in [-0.2, 0) is 28.3 Å². The molecule has 32 heavy (non-hydrogen) atoms. The van der Waals surface area contributed by atoms with Crippen molar-refractivity contribution in [3.05, 3.63) is 66.4 Å². The maximum absolute atomic E-state index is 13.3. The molecule has 8 nitrogen and oxygen atoms in total. The zero-order valence-electron chi connectivity index (χ0n) is 18.5. The molecule has 1 aliphatic heterocycles. The van der Waals surface area contributed by atoms with Crippen LogP contribution in [0.4, 0.5) is 0 Å². The third kappa shape index (κ3) is 5.28. The van der Waals surface area contributed by atoms with Gasteiger partial charge in [-0.05, 0) is 50.0 Å². The number of amides is 2. The molecule has 0 spiro atoms. The smallest absolute Gasteiger partial charge is 0.267 e. The number of carbonyl (C=O) groups excluding carboxylic acids is 2. The van der Waals surface area contributed by atoms with Gasteiger partial charge < -0.3 is 15.2 Å². The second kappa shape index (κ2) is 10.1. The Hall–Kier alpha value is -2.91. The van der Waals surface area contributed by atoms with Crippen LogP contribution in [0.5, 0.6) is 0 Å². The highest BCUT2D eigenvalue weighted by Crippen LogP contribution is 2.26. The number of benzene rings is 1. The molecule has 172 valence electrons. The van der Waals surface area contributed by atoms with E-state index in [1.54, 1.807) is 7.05 Å². The van der Waals surface area contributed by atoms with Gasteiger partial charge in [0, 0.05) is 32.2 Å². The van der Waals surface area contributed by atoms with E-state index in [-0.39, 0.29) is 41.2 Å². The Morgan fingerprint density at radius 2 is 1.91 bits per heavy atom. The number of nitrogens with one attached hydrogen (secondary N) is 2. The molecule has 0 radical (unpaired) electrons. The van der Waals surface area contributed by atoms with E-state index in [9.17, 15) is 18.0 Å². The quantitative estimate of drug-likeness (QED) is 0.590. The van der Waals surface area contributed by atoms with Gasteiger partial charge in [-0.1, -0.05) is 36.9 Å². The molecule has 0 bridgehead atoms. The first-order chi connectivity index (χ1) is 15.2. The first-order valence-corrected chi connectivity index (χ1v) is 12.1. The van der Waals surface area contributed by atoms with Crippen molar-refractivity contribution < 1.29 is 18.0 Å². The number of hydrogen-bond donors (Lipinski definition) is 2. The fraction of sp³-hybridized carbons (Fsp3) is 0.391. The zero-order chi connectivity index (χ0) is 23.3. The van der Waals surface area contributed by atoms with Gasteiger partial charge in [0.1, 0.15) is 5.69 Å². The van der Waals surface area contributed by atoms with E-state index in [1.165, 1.54) is 27.1 Å².